The van der Waals surface area contributed by atoms with Crippen LogP contribution in [0.25, 0.3) is 21.8 Å². The van der Waals surface area contributed by atoms with E-state index in [0.29, 0.717) is 28.5 Å². The average molecular weight is 445 g/mol. The minimum Gasteiger partial charge on any atom is -0.465 e. The minimum atomic E-state index is -3.86. The maximum absolute atomic E-state index is 13.6. The first-order valence-electron chi connectivity index (χ1n) is 10.1. The number of carbonyl (C=O) groups excluding carboxylic acids is 1. The van der Waals surface area contributed by atoms with Crippen LogP contribution in [-0.2, 0) is 21.3 Å². The fraction of sp³-hybridized carbons (Fsp3) is 0.0800. The SMILES string of the molecule is COC(=O)c1ccc2c(c1)c1cn(Cc3ccccc3)cc1n2S(=O)(=O)c1ccccc1. The van der Waals surface area contributed by atoms with E-state index in [1.807, 2.05) is 47.3 Å². The molecule has 3 aromatic carbocycles. The molecule has 0 amide bonds. The van der Waals surface area contributed by atoms with Crippen molar-refractivity contribution in [3.05, 3.63) is 102 Å². The van der Waals surface area contributed by atoms with Gasteiger partial charge in [-0.3, -0.25) is 0 Å². The summed E-state index contributed by atoms with van der Waals surface area (Å²) in [6.45, 7) is 0.596. The fourth-order valence-corrected chi connectivity index (χ4v) is 5.55. The summed E-state index contributed by atoms with van der Waals surface area (Å²) in [5.74, 6) is -0.470. The zero-order chi connectivity index (χ0) is 22.3. The van der Waals surface area contributed by atoms with Crippen LogP contribution in [0, 0.1) is 0 Å². The van der Waals surface area contributed by atoms with Crippen molar-refractivity contribution in [2.24, 2.45) is 0 Å². The maximum Gasteiger partial charge on any atom is 0.337 e. The molecule has 0 atom stereocenters. The summed E-state index contributed by atoms with van der Waals surface area (Å²) < 4.78 is 35.4. The lowest BCUT2D eigenvalue weighted by molar-refractivity contribution is 0.0601. The summed E-state index contributed by atoms with van der Waals surface area (Å²) in [5, 5.41) is 1.43. The van der Waals surface area contributed by atoms with Gasteiger partial charge >= 0.3 is 5.97 Å². The van der Waals surface area contributed by atoms with E-state index < -0.39 is 16.0 Å². The van der Waals surface area contributed by atoms with Crippen LogP contribution in [0.5, 0.6) is 0 Å². The van der Waals surface area contributed by atoms with Gasteiger partial charge in [-0.15, -0.1) is 0 Å². The topological polar surface area (TPSA) is 70.3 Å². The Hall–Kier alpha value is -3.84. The molecule has 5 rings (SSSR count). The second-order valence-corrected chi connectivity index (χ2v) is 9.31. The average Bonchev–Trinajstić information content (AvgIpc) is 3.35. The Labute approximate surface area is 185 Å². The Morgan fingerprint density at radius 1 is 0.844 bits per heavy atom. The zero-order valence-corrected chi connectivity index (χ0v) is 18.1. The predicted octanol–water partition coefficient (Wildman–Crippen LogP) is 4.67. The molecular weight excluding hydrogens is 424 g/mol. The molecule has 0 aliphatic rings. The number of carbonyl (C=O) groups is 1. The molecule has 2 heterocycles. The third kappa shape index (κ3) is 3.27. The van der Waals surface area contributed by atoms with Gasteiger partial charge in [-0.1, -0.05) is 48.5 Å². The highest BCUT2D eigenvalue weighted by Gasteiger charge is 2.25. The van der Waals surface area contributed by atoms with Crippen molar-refractivity contribution in [1.29, 1.82) is 0 Å². The molecule has 0 saturated heterocycles. The lowest BCUT2D eigenvalue weighted by atomic mass is 10.1. The number of aromatic nitrogens is 2. The van der Waals surface area contributed by atoms with Gasteiger partial charge in [0.1, 0.15) is 0 Å². The highest BCUT2D eigenvalue weighted by atomic mass is 32.2. The normalized spacial score (nSPS) is 11.8. The van der Waals surface area contributed by atoms with E-state index in [1.165, 1.54) is 11.1 Å². The Kier molecular flexibility index (Phi) is 4.83. The molecule has 0 fully saturated rings. The van der Waals surface area contributed by atoms with Crippen LogP contribution in [0.3, 0.4) is 0 Å². The Morgan fingerprint density at radius 3 is 2.22 bits per heavy atom. The van der Waals surface area contributed by atoms with Crippen LogP contribution in [0.4, 0.5) is 0 Å². The molecule has 32 heavy (non-hydrogen) atoms. The van der Waals surface area contributed by atoms with Gasteiger partial charge in [0.2, 0.25) is 0 Å². The molecule has 0 unspecified atom stereocenters. The summed E-state index contributed by atoms with van der Waals surface area (Å²) in [6, 6.07) is 23.2. The van der Waals surface area contributed by atoms with Crippen molar-refractivity contribution >= 4 is 37.8 Å². The van der Waals surface area contributed by atoms with Crippen LogP contribution >= 0.6 is 0 Å². The second kappa shape index (κ2) is 7.69. The van der Waals surface area contributed by atoms with Crippen LogP contribution in [0.1, 0.15) is 15.9 Å². The highest BCUT2D eigenvalue weighted by Crippen LogP contribution is 2.34. The molecule has 0 aliphatic carbocycles. The van der Waals surface area contributed by atoms with Gasteiger partial charge in [-0.25, -0.2) is 17.2 Å². The Balaban J connectivity index is 1.77. The lowest BCUT2D eigenvalue weighted by Crippen LogP contribution is -2.12. The summed E-state index contributed by atoms with van der Waals surface area (Å²) in [6.07, 6.45) is 3.75. The van der Waals surface area contributed by atoms with Crippen molar-refractivity contribution < 1.29 is 17.9 Å². The number of benzene rings is 3. The van der Waals surface area contributed by atoms with Crippen molar-refractivity contribution in [3.63, 3.8) is 0 Å². The first-order valence-corrected chi connectivity index (χ1v) is 11.5. The molecule has 7 heteroatoms. The molecule has 160 valence electrons. The monoisotopic (exact) mass is 444 g/mol. The predicted molar refractivity (Wildman–Crippen MR) is 123 cm³/mol. The van der Waals surface area contributed by atoms with E-state index in [1.54, 1.807) is 48.5 Å². The molecule has 2 aromatic heterocycles. The van der Waals surface area contributed by atoms with Crippen molar-refractivity contribution in [2.75, 3.05) is 7.11 Å². The molecule has 0 N–H and O–H groups in total. The number of fused-ring (bicyclic) bond motifs is 3. The first kappa shape index (κ1) is 20.1. The van der Waals surface area contributed by atoms with Gasteiger partial charge in [-0.05, 0) is 35.9 Å². The number of nitrogens with zero attached hydrogens (tertiary/aromatic N) is 2. The number of hydrogen-bond donors (Lipinski definition) is 0. The van der Waals surface area contributed by atoms with E-state index in [0.717, 1.165) is 10.9 Å². The van der Waals surface area contributed by atoms with Gasteiger partial charge in [-0.2, -0.15) is 0 Å². The van der Waals surface area contributed by atoms with Gasteiger partial charge in [0.15, 0.2) is 0 Å². The molecule has 0 radical (unpaired) electrons. The number of rotatable bonds is 5. The number of methoxy groups -OCH3 is 1. The molecule has 5 aromatic rings. The highest BCUT2D eigenvalue weighted by molar-refractivity contribution is 7.90. The largest absolute Gasteiger partial charge is 0.465 e. The van der Waals surface area contributed by atoms with Gasteiger partial charge in [0, 0.05) is 29.7 Å². The number of ether oxygens (including phenoxy) is 1. The van der Waals surface area contributed by atoms with Crippen LogP contribution < -0.4 is 0 Å². The molecule has 0 saturated carbocycles. The van der Waals surface area contributed by atoms with E-state index in [2.05, 4.69) is 0 Å². The molecular formula is C25H20N2O4S. The van der Waals surface area contributed by atoms with Gasteiger partial charge in [0.05, 0.1) is 28.6 Å². The molecule has 0 spiro atoms. The smallest absolute Gasteiger partial charge is 0.337 e. The maximum atomic E-state index is 13.6. The minimum absolute atomic E-state index is 0.201. The Morgan fingerprint density at radius 2 is 1.53 bits per heavy atom. The van der Waals surface area contributed by atoms with Crippen molar-refractivity contribution in [3.8, 4) is 0 Å². The van der Waals surface area contributed by atoms with Crippen LogP contribution in [-0.4, -0.2) is 30.0 Å². The van der Waals surface area contributed by atoms with E-state index in [9.17, 15) is 13.2 Å². The van der Waals surface area contributed by atoms with Crippen molar-refractivity contribution in [1.82, 2.24) is 8.54 Å². The fourth-order valence-electron chi connectivity index (χ4n) is 4.01. The van der Waals surface area contributed by atoms with E-state index in [-0.39, 0.29) is 4.90 Å². The van der Waals surface area contributed by atoms with E-state index in [4.69, 9.17) is 4.74 Å². The van der Waals surface area contributed by atoms with Crippen molar-refractivity contribution in [2.45, 2.75) is 11.4 Å². The van der Waals surface area contributed by atoms with E-state index >= 15 is 0 Å². The summed E-state index contributed by atoms with van der Waals surface area (Å²) in [4.78, 5) is 12.3. The van der Waals surface area contributed by atoms with Gasteiger partial charge in [0.25, 0.3) is 10.0 Å². The first-order chi connectivity index (χ1) is 15.5. The lowest BCUT2D eigenvalue weighted by Gasteiger charge is -2.10. The third-order valence-electron chi connectivity index (χ3n) is 5.49. The summed E-state index contributed by atoms with van der Waals surface area (Å²) in [7, 11) is -2.54. The quantitative estimate of drug-likeness (QED) is 0.370. The molecule has 0 aliphatic heterocycles. The number of esters is 1. The molecule has 0 bridgehead atoms. The summed E-state index contributed by atoms with van der Waals surface area (Å²) >= 11 is 0. The standard InChI is InChI=1S/C25H20N2O4S/c1-31-25(28)19-12-13-23-21(14-19)22-16-26(15-18-8-4-2-5-9-18)17-24(22)27(23)32(29,30)20-10-6-3-7-11-20/h2-14,16-17H,15H2,1H3. The second-order valence-electron chi connectivity index (χ2n) is 7.52. The van der Waals surface area contributed by atoms with Crippen LogP contribution in [0.2, 0.25) is 0 Å². The van der Waals surface area contributed by atoms with Gasteiger partial charge < -0.3 is 9.30 Å². The molecule has 6 nitrogen and oxygen atoms in total. The zero-order valence-electron chi connectivity index (χ0n) is 17.3. The van der Waals surface area contributed by atoms with Crippen LogP contribution in [0.15, 0.2) is 96.2 Å². The third-order valence-corrected chi connectivity index (χ3v) is 7.24. The Bertz CT molecular complexity index is 1550. The number of hydrogen-bond acceptors (Lipinski definition) is 4. The summed E-state index contributed by atoms with van der Waals surface area (Å²) in [5.41, 5.74) is 2.54.